The van der Waals surface area contributed by atoms with Crippen LogP contribution in [-0.2, 0) is 0 Å². The molecule has 0 atom stereocenters. The van der Waals surface area contributed by atoms with Crippen LogP contribution >= 0.6 is 0 Å². The highest BCUT2D eigenvalue weighted by Gasteiger charge is 2.19. The summed E-state index contributed by atoms with van der Waals surface area (Å²) in [7, 11) is 0. The fourth-order valence-electron chi connectivity index (χ4n) is 5.34. The zero-order chi connectivity index (χ0) is 53.4. The summed E-state index contributed by atoms with van der Waals surface area (Å²) in [4.78, 5) is 0. The Morgan fingerprint density at radius 1 is 0.273 bits per heavy atom. The van der Waals surface area contributed by atoms with Crippen molar-refractivity contribution >= 4 is 53.9 Å². The number of hydrogen-bond donors (Lipinski definition) is 0. The number of hydrogen-bond acceptors (Lipinski definition) is 0. The molecule has 0 fully saturated rings. The highest BCUT2D eigenvalue weighted by atomic mass is 14.2. The van der Waals surface area contributed by atoms with E-state index in [9.17, 15) is 15.1 Å². The van der Waals surface area contributed by atoms with Crippen LogP contribution in [0.3, 0.4) is 0 Å². The van der Waals surface area contributed by atoms with Crippen LogP contribution in [0.15, 0.2) is 169 Å². The molecule has 9 rings (SSSR count). The van der Waals surface area contributed by atoms with E-state index in [1.165, 1.54) is 0 Å². The summed E-state index contributed by atoms with van der Waals surface area (Å²) in [6.45, 7) is 0. The van der Waals surface area contributed by atoms with Crippen LogP contribution in [0.1, 0.15) is 38.4 Å². The minimum Gasteiger partial charge on any atom is -0.0616 e. The summed E-state index contributed by atoms with van der Waals surface area (Å²) in [6.07, 6.45) is 0. The zero-order valence-electron chi connectivity index (χ0n) is 50.0. The summed E-state index contributed by atoms with van der Waals surface area (Å²) < 4.78 is 252. The lowest BCUT2D eigenvalue weighted by Gasteiger charge is -2.20. The smallest absolute Gasteiger partial charge is 0.0616 e. The first-order chi connectivity index (χ1) is 33.5. The Balaban J connectivity index is 1.66. The summed E-state index contributed by atoms with van der Waals surface area (Å²) in [6, 6.07) is -26.9. The molecule has 0 spiro atoms. The SMILES string of the molecule is [2H]c1c([2H])c([2H])c2c([2H])c(-c3c([2H])c([2H])c([2H])c4c(-c5c6c([2H])c([2H])c([2H])c([2H])c6c(-c6c([2H])c([2H])c([2H])c7c([2H])c([2H])c([2H])c([2H])c67)c6c([2H])c([2H])c([2H])c([2H])c56)c([2H])c([2H])c([2H])c34)c([2H])c([2H])c2c1[2H]. The van der Waals surface area contributed by atoms with Crippen LogP contribution < -0.4 is 0 Å². The lowest BCUT2D eigenvalue weighted by molar-refractivity contribution is 1.66. The summed E-state index contributed by atoms with van der Waals surface area (Å²) in [5.74, 6) is 0. The molecule has 9 aromatic carbocycles. The van der Waals surface area contributed by atoms with Crippen molar-refractivity contribution in [1.82, 2.24) is 0 Å². The molecule has 9 aromatic rings. The van der Waals surface area contributed by atoms with E-state index in [2.05, 4.69) is 0 Å². The van der Waals surface area contributed by atoms with E-state index in [0.29, 0.717) is 0 Å². The molecular formula is C44H28. The van der Waals surface area contributed by atoms with Crippen LogP contribution in [0.5, 0.6) is 0 Å². The van der Waals surface area contributed by atoms with Gasteiger partial charge in [0.2, 0.25) is 0 Å². The summed E-state index contributed by atoms with van der Waals surface area (Å²) in [5.41, 5.74) is -4.68. The molecule has 0 heteroatoms. The maximum absolute atomic E-state index is 9.54. The van der Waals surface area contributed by atoms with Crippen LogP contribution in [0.4, 0.5) is 0 Å². The van der Waals surface area contributed by atoms with Crippen molar-refractivity contribution in [2.45, 2.75) is 0 Å². The monoisotopic (exact) mass is 584 g/mol. The first kappa shape index (κ1) is 9.64. The van der Waals surface area contributed by atoms with E-state index in [4.69, 9.17) is 23.3 Å². The van der Waals surface area contributed by atoms with E-state index >= 15 is 0 Å². The van der Waals surface area contributed by atoms with Gasteiger partial charge in [-0.2, -0.15) is 0 Å². The highest BCUT2D eigenvalue weighted by molar-refractivity contribution is 6.25. The van der Waals surface area contributed by atoms with Gasteiger partial charge in [0.15, 0.2) is 0 Å². The molecule has 0 heterocycles. The first-order valence-corrected chi connectivity index (χ1v) is 13.0. The Morgan fingerprint density at radius 2 is 0.682 bits per heavy atom. The standard InChI is InChI=1S/C44H28/c1-2-14-31-28-32(27-26-29(31)12-1)34-21-10-23-36-35(34)22-11-25-38(36)44-41-19-7-5-17-39(41)43(40-18-6-8-20-42(40)44)37-24-9-15-30-13-3-4-16-33(30)37/h1-28H/i1D,2D,3D,4D,5D,6D,7D,8D,9D,10D,11D,12D,13D,14D,15D,16D,17D,18D,19D,20D,21D,22D,23D,24D,25D,26D,27D,28D. The highest BCUT2D eigenvalue weighted by Crippen LogP contribution is 2.47. The van der Waals surface area contributed by atoms with Crippen molar-refractivity contribution in [2.24, 2.45) is 0 Å². The van der Waals surface area contributed by atoms with Crippen LogP contribution in [0, 0.1) is 0 Å². The van der Waals surface area contributed by atoms with Gasteiger partial charge in [-0.05, 0) is 93.3 Å². The van der Waals surface area contributed by atoms with Gasteiger partial charge >= 0.3 is 0 Å². The fourth-order valence-corrected chi connectivity index (χ4v) is 5.34. The summed E-state index contributed by atoms with van der Waals surface area (Å²) in [5, 5.41) is -7.15. The van der Waals surface area contributed by atoms with Gasteiger partial charge in [0.1, 0.15) is 0 Å². The molecule has 0 amide bonds. The fraction of sp³-hybridized carbons (Fsp3) is 0. The van der Waals surface area contributed by atoms with E-state index in [0.717, 1.165) is 0 Å². The second kappa shape index (κ2) is 9.93. The minimum absolute atomic E-state index is 0.574. The van der Waals surface area contributed by atoms with Crippen LogP contribution in [0.2, 0.25) is 0 Å². The number of rotatable bonds is 3. The normalized spacial score (nSPS) is 20.5. The Kier molecular flexibility index (Phi) is 2.18. The van der Waals surface area contributed by atoms with E-state index in [1.54, 1.807) is 0 Å². The van der Waals surface area contributed by atoms with Crippen LogP contribution in [0.25, 0.3) is 87.2 Å². The Labute approximate surface area is 295 Å². The molecule has 0 aliphatic carbocycles. The third kappa shape index (κ3) is 3.78. The largest absolute Gasteiger partial charge is 0.0636 e. The van der Waals surface area contributed by atoms with E-state index in [-0.39, 0.29) is 0 Å². The molecule has 0 radical (unpaired) electrons. The number of fused-ring (bicyclic) bond motifs is 5. The van der Waals surface area contributed by atoms with Crippen LogP contribution in [-0.4, -0.2) is 0 Å². The Hall–Kier alpha value is -5.72. The third-order valence-corrected chi connectivity index (χ3v) is 7.19. The first-order valence-electron chi connectivity index (χ1n) is 27.0. The maximum atomic E-state index is 9.54. The van der Waals surface area contributed by atoms with Gasteiger partial charge in [-0.3, -0.25) is 0 Å². The van der Waals surface area contributed by atoms with Crippen molar-refractivity contribution in [3.63, 3.8) is 0 Å². The zero-order valence-corrected chi connectivity index (χ0v) is 22.0. The molecule has 0 aromatic heterocycles. The van der Waals surface area contributed by atoms with Gasteiger partial charge in [0.05, 0.1) is 38.4 Å². The average molecular weight is 585 g/mol. The molecule has 0 aliphatic heterocycles. The maximum Gasteiger partial charge on any atom is 0.0636 e. The predicted octanol–water partition coefficient (Wildman–Crippen LogP) is 12.5. The minimum atomic E-state index is -1.09. The van der Waals surface area contributed by atoms with Gasteiger partial charge in [0.25, 0.3) is 0 Å². The van der Waals surface area contributed by atoms with Gasteiger partial charge in [-0.15, -0.1) is 0 Å². The Bertz CT molecular complexity index is 4030. The molecule has 0 saturated carbocycles. The number of benzene rings is 9. The van der Waals surface area contributed by atoms with Crippen molar-refractivity contribution in [1.29, 1.82) is 0 Å². The Morgan fingerprint density at radius 3 is 1.32 bits per heavy atom. The predicted molar refractivity (Wildman–Crippen MR) is 190 cm³/mol. The van der Waals surface area contributed by atoms with E-state index < -0.39 is 256 Å². The topological polar surface area (TPSA) is 0 Å². The molecule has 44 heavy (non-hydrogen) atoms. The van der Waals surface area contributed by atoms with Gasteiger partial charge < -0.3 is 0 Å². The quantitative estimate of drug-likeness (QED) is 0.181. The van der Waals surface area contributed by atoms with Gasteiger partial charge in [-0.25, -0.2) is 0 Å². The molecular weight excluding hydrogens is 528 g/mol. The van der Waals surface area contributed by atoms with E-state index in [1.807, 2.05) is 0 Å². The van der Waals surface area contributed by atoms with Crippen molar-refractivity contribution in [3.8, 4) is 33.4 Å². The molecule has 0 aliphatic rings. The van der Waals surface area contributed by atoms with Crippen molar-refractivity contribution in [3.05, 3.63) is 169 Å². The second-order valence-corrected chi connectivity index (χ2v) is 9.50. The van der Waals surface area contributed by atoms with Crippen molar-refractivity contribution in [2.75, 3.05) is 0 Å². The lowest BCUT2D eigenvalue weighted by Crippen LogP contribution is -1.92. The molecule has 0 bridgehead atoms. The van der Waals surface area contributed by atoms with Gasteiger partial charge in [0, 0.05) is 0 Å². The average Bonchev–Trinajstić information content (AvgIpc) is 3.35. The third-order valence-electron chi connectivity index (χ3n) is 7.19. The van der Waals surface area contributed by atoms with Crippen molar-refractivity contribution < 1.29 is 38.4 Å². The molecule has 0 unspecified atom stereocenters. The molecule has 0 saturated heterocycles. The second-order valence-electron chi connectivity index (χ2n) is 9.50. The summed E-state index contributed by atoms with van der Waals surface area (Å²) >= 11 is 0. The lowest BCUT2D eigenvalue weighted by atomic mass is 9.83. The van der Waals surface area contributed by atoms with Gasteiger partial charge in [-0.1, -0.05) is 163 Å². The molecule has 204 valence electrons. The molecule has 0 N–H and O–H groups in total. The molecule has 0 nitrogen and oxygen atoms in total.